The quantitative estimate of drug-likeness (QED) is 0.772. The van der Waals surface area contributed by atoms with Gasteiger partial charge in [0.2, 0.25) is 0 Å². The van der Waals surface area contributed by atoms with E-state index in [0.717, 1.165) is 5.76 Å². The molecule has 0 aliphatic rings. The van der Waals surface area contributed by atoms with Gasteiger partial charge in [-0.2, -0.15) is 0 Å². The molecule has 2 aromatic rings. The summed E-state index contributed by atoms with van der Waals surface area (Å²) in [6.07, 6.45) is 0. The van der Waals surface area contributed by atoms with Crippen molar-refractivity contribution >= 4 is 5.78 Å². The van der Waals surface area contributed by atoms with Gasteiger partial charge in [-0.15, -0.1) is 0 Å². The number of carbonyl (C=O) groups excluding carboxylic acids is 1. The number of benzene rings is 1. The van der Waals surface area contributed by atoms with E-state index in [1.807, 2.05) is 26.0 Å². The van der Waals surface area contributed by atoms with Crippen molar-refractivity contribution in [1.29, 1.82) is 0 Å². The normalized spacial score (nSPS) is 10.4. The lowest BCUT2D eigenvalue weighted by Crippen LogP contribution is -2.05. The summed E-state index contributed by atoms with van der Waals surface area (Å²) in [5.74, 6) is 1.94. The van der Waals surface area contributed by atoms with E-state index in [1.165, 1.54) is 0 Å². The van der Waals surface area contributed by atoms with E-state index in [9.17, 15) is 4.79 Å². The van der Waals surface area contributed by atoms with E-state index in [2.05, 4.69) is 0 Å². The molecular weight excluding hydrogens is 228 g/mol. The van der Waals surface area contributed by atoms with Crippen LogP contribution in [0.4, 0.5) is 0 Å². The lowest BCUT2D eigenvalue weighted by molar-refractivity contribution is 0.103. The van der Waals surface area contributed by atoms with Crippen LogP contribution in [0, 0.1) is 13.8 Å². The zero-order valence-electron chi connectivity index (χ0n) is 10.8. The first-order valence-corrected chi connectivity index (χ1v) is 5.97. The van der Waals surface area contributed by atoms with Crippen LogP contribution >= 0.6 is 0 Å². The topological polar surface area (TPSA) is 39.4 Å². The number of furan rings is 1. The maximum atomic E-state index is 12.4. The van der Waals surface area contributed by atoms with Gasteiger partial charge < -0.3 is 9.15 Å². The Bertz CT molecular complexity index is 567. The highest BCUT2D eigenvalue weighted by Crippen LogP contribution is 2.24. The molecule has 0 bridgehead atoms. The number of aryl methyl sites for hydroxylation is 2. The van der Waals surface area contributed by atoms with E-state index >= 15 is 0 Å². The van der Waals surface area contributed by atoms with Gasteiger partial charge in [0.15, 0.2) is 5.78 Å². The molecule has 0 saturated carbocycles. The zero-order chi connectivity index (χ0) is 13.1. The molecule has 0 fully saturated rings. The Balaban J connectivity index is 2.43. The van der Waals surface area contributed by atoms with Crippen molar-refractivity contribution in [2.24, 2.45) is 0 Å². The summed E-state index contributed by atoms with van der Waals surface area (Å²) in [7, 11) is 0. The molecule has 0 N–H and O–H groups in total. The highest BCUT2D eigenvalue weighted by atomic mass is 16.5. The summed E-state index contributed by atoms with van der Waals surface area (Å²) < 4.78 is 10.9. The number of hydrogen-bond acceptors (Lipinski definition) is 3. The first kappa shape index (κ1) is 12.4. The number of ether oxygens (including phenoxy) is 1. The van der Waals surface area contributed by atoms with Crippen molar-refractivity contribution in [3.05, 3.63) is 53.0 Å². The molecule has 0 radical (unpaired) electrons. The van der Waals surface area contributed by atoms with E-state index in [-0.39, 0.29) is 5.78 Å². The first-order valence-electron chi connectivity index (χ1n) is 5.97. The molecule has 1 heterocycles. The van der Waals surface area contributed by atoms with Crippen molar-refractivity contribution in [3.8, 4) is 5.75 Å². The number of para-hydroxylation sites is 1. The second kappa shape index (κ2) is 5.08. The summed E-state index contributed by atoms with van der Waals surface area (Å²) in [4.78, 5) is 12.4. The first-order chi connectivity index (χ1) is 8.63. The van der Waals surface area contributed by atoms with E-state index in [1.54, 1.807) is 25.1 Å². The van der Waals surface area contributed by atoms with Crippen LogP contribution in [0.1, 0.15) is 34.4 Å². The minimum atomic E-state index is -0.0617. The van der Waals surface area contributed by atoms with E-state index in [0.29, 0.717) is 29.2 Å². The largest absolute Gasteiger partial charge is 0.493 e. The fourth-order valence-corrected chi connectivity index (χ4v) is 1.94. The van der Waals surface area contributed by atoms with Gasteiger partial charge in [0.1, 0.15) is 17.3 Å². The SMILES string of the molecule is CCOc1ccccc1C(=O)c1cc(C)oc1C. The Hall–Kier alpha value is -2.03. The van der Waals surface area contributed by atoms with Gasteiger partial charge in [0, 0.05) is 0 Å². The number of ketones is 1. The molecule has 0 spiro atoms. The smallest absolute Gasteiger partial charge is 0.200 e. The monoisotopic (exact) mass is 244 g/mol. The fourth-order valence-electron chi connectivity index (χ4n) is 1.94. The number of hydrogen-bond donors (Lipinski definition) is 0. The van der Waals surface area contributed by atoms with Gasteiger partial charge >= 0.3 is 0 Å². The summed E-state index contributed by atoms with van der Waals surface area (Å²) in [5.41, 5.74) is 1.17. The Kier molecular flexibility index (Phi) is 3.51. The van der Waals surface area contributed by atoms with Crippen LogP contribution in [0.25, 0.3) is 0 Å². The minimum absolute atomic E-state index is 0.0617. The van der Waals surface area contributed by atoms with Gasteiger partial charge in [-0.1, -0.05) is 12.1 Å². The maximum Gasteiger partial charge on any atom is 0.200 e. The predicted molar refractivity (Wildman–Crippen MR) is 69.2 cm³/mol. The molecule has 3 heteroatoms. The third-order valence-electron chi connectivity index (χ3n) is 2.72. The van der Waals surface area contributed by atoms with Crippen molar-refractivity contribution in [2.75, 3.05) is 6.61 Å². The standard InChI is InChI=1S/C15H16O3/c1-4-17-14-8-6-5-7-12(14)15(16)13-9-10(2)18-11(13)3/h5-9H,4H2,1-3H3. The minimum Gasteiger partial charge on any atom is -0.493 e. The van der Waals surface area contributed by atoms with Crippen molar-refractivity contribution in [1.82, 2.24) is 0 Å². The Morgan fingerprint density at radius 2 is 1.94 bits per heavy atom. The highest BCUT2D eigenvalue weighted by Gasteiger charge is 2.18. The van der Waals surface area contributed by atoms with Crippen LogP contribution < -0.4 is 4.74 Å². The molecule has 0 aliphatic carbocycles. The third kappa shape index (κ3) is 2.30. The van der Waals surface area contributed by atoms with Crippen LogP contribution in [-0.2, 0) is 0 Å². The van der Waals surface area contributed by atoms with E-state index in [4.69, 9.17) is 9.15 Å². The molecule has 0 atom stereocenters. The van der Waals surface area contributed by atoms with Crippen LogP contribution in [0.15, 0.2) is 34.7 Å². The molecule has 0 amide bonds. The van der Waals surface area contributed by atoms with Gasteiger partial charge in [-0.3, -0.25) is 4.79 Å². The summed E-state index contributed by atoms with van der Waals surface area (Å²) in [5, 5.41) is 0. The number of carbonyl (C=O) groups is 1. The molecule has 3 nitrogen and oxygen atoms in total. The summed E-state index contributed by atoms with van der Waals surface area (Å²) >= 11 is 0. The second-order valence-corrected chi connectivity index (χ2v) is 4.09. The second-order valence-electron chi connectivity index (χ2n) is 4.09. The van der Waals surface area contributed by atoms with Gasteiger partial charge in [-0.05, 0) is 39.0 Å². The Morgan fingerprint density at radius 1 is 1.22 bits per heavy atom. The molecule has 18 heavy (non-hydrogen) atoms. The van der Waals surface area contributed by atoms with Crippen LogP contribution in [0.3, 0.4) is 0 Å². The molecule has 1 aromatic heterocycles. The van der Waals surface area contributed by atoms with Crippen LogP contribution in [-0.4, -0.2) is 12.4 Å². The summed E-state index contributed by atoms with van der Waals surface area (Å²) in [6, 6.07) is 9.03. The Labute approximate surface area is 106 Å². The fraction of sp³-hybridized carbons (Fsp3) is 0.267. The molecule has 0 saturated heterocycles. The molecule has 94 valence electrons. The maximum absolute atomic E-state index is 12.4. The summed E-state index contributed by atoms with van der Waals surface area (Å²) in [6.45, 7) is 6.06. The van der Waals surface area contributed by atoms with Gasteiger partial charge in [-0.25, -0.2) is 0 Å². The molecule has 1 aromatic carbocycles. The van der Waals surface area contributed by atoms with Crippen LogP contribution in [0.5, 0.6) is 5.75 Å². The Morgan fingerprint density at radius 3 is 2.56 bits per heavy atom. The van der Waals surface area contributed by atoms with Crippen molar-refractivity contribution in [3.63, 3.8) is 0 Å². The van der Waals surface area contributed by atoms with E-state index < -0.39 is 0 Å². The van der Waals surface area contributed by atoms with Crippen molar-refractivity contribution < 1.29 is 13.9 Å². The lowest BCUT2D eigenvalue weighted by Gasteiger charge is -2.08. The van der Waals surface area contributed by atoms with Gasteiger partial charge in [0.05, 0.1) is 17.7 Å². The molecule has 0 aliphatic heterocycles. The number of rotatable bonds is 4. The molecule has 0 unspecified atom stereocenters. The van der Waals surface area contributed by atoms with Gasteiger partial charge in [0.25, 0.3) is 0 Å². The molecular formula is C15H16O3. The third-order valence-corrected chi connectivity index (χ3v) is 2.72. The predicted octanol–water partition coefficient (Wildman–Crippen LogP) is 3.53. The van der Waals surface area contributed by atoms with Crippen molar-refractivity contribution in [2.45, 2.75) is 20.8 Å². The molecule has 2 rings (SSSR count). The zero-order valence-corrected chi connectivity index (χ0v) is 10.8. The van der Waals surface area contributed by atoms with Crippen LogP contribution in [0.2, 0.25) is 0 Å². The highest BCUT2D eigenvalue weighted by molar-refractivity contribution is 6.11. The average Bonchev–Trinajstić information content (AvgIpc) is 2.69. The lowest BCUT2D eigenvalue weighted by atomic mass is 10.0. The average molecular weight is 244 g/mol.